The Morgan fingerprint density at radius 1 is 1.64 bits per heavy atom. The Bertz CT molecular complexity index is 541. The molecule has 0 aromatic carbocycles. The van der Waals surface area contributed by atoms with Gasteiger partial charge in [0.1, 0.15) is 11.8 Å². The average molecular weight is 211 g/mol. The van der Waals surface area contributed by atoms with Crippen LogP contribution < -0.4 is 10.1 Å². The molecule has 0 amide bonds. The zero-order chi connectivity index (χ0) is 10.3. The minimum atomic E-state index is -0.180. The summed E-state index contributed by atoms with van der Waals surface area (Å²) in [7, 11) is 0. The monoisotopic (exact) mass is 211 g/mol. The predicted molar refractivity (Wildman–Crippen MR) is 53.8 cm³/mol. The molecule has 2 heterocycles. The van der Waals surface area contributed by atoms with Gasteiger partial charge in [-0.25, -0.2) is 4.79 Å². The van der Waals surface area contributed by atoms with Crippen molar-refractivity contribution >= 4 is 16.3 Å². The van der Waals surface area contributed by atoms with E-state index < -0.39 is 0 Å². The Kier molecular flexibility index (Phi) is 2.03. The summed E-state index contributed by atoms with van der Waals surface area (Å²) in [5.41, 5.74) is 0.721. The van der Waals surface area contributed by atoms with Crippen LogP contribution in [-0.4, -0.2) is 9.51 Å². The largest absolute Gasteiger partial charge is 0.478 e. The number of rotatable bonds is 1. The third kappa shape index (κ3) is 1.13. The maximum Gasteiger partial charge on any atom is 0.351 e. The molecule has 0 radical (unpaired) electrons. The lowest BCUT2D eigenvalue weighted by Crippen LogP contribution is -2.37. The number of aryl methyl sites for hydroxylation is 2. The third-order valence-corrected chi connectivity index (χ3v) is 3.25. The first kappa shape index (κ1) is 9.21. The van der Waals surface area contributed by atoms with Crippen LogP contribution in [0.4, 0.5) is 0 Å². The number of hydrogen-bond acceptors (Lipinski definition) is 3. The van der Waals surface area contributed by atoms with Crippen molar-refractivity contribution in [2.45, 2.75) is 20.4 Å². The molecule has 4 nitrogen and oxygen atoms in total. The highest BCUT2D eigenvalue weighted by atomic mass is 32.1. The van der Waals surface area contributed by atoms with Gasteiger partial charge in [-0.05, 0) is 13.8 Å². The predicted octanol–water partition coefficient (Wildman–Crippen LogP) is 0.682. The summed E-state index contributed by atoms with van der Waals surface area (Å²) in [6.07, 6.45) is 0. The number of aromatic hydroxyl groups is 1. The minimum Gasteiger partial charge on any atom is -0.478 e. The van der Waals surface area contributed by atoms with E-state index in [1.807, 2.05) is 19.2 Å². The molecule has 2 aromatic rings. The van der Waals surface area contributed by atoms with Gasteiger partial charge in [-0.1, -0.05) is 11.3 Å². The third-order valence-electron chi connectivity index (χ3n) is 2.18. The zero-order valence-electron chi connectivity index (χ0n) is 8.02. The van der Waals surface area contributed by atoms with Gasteiger partial charge >= 0.3 is 10.5 Å². The Labute approximate surface area is 84.7 Å². The Morgan fingerprint density at radius 3 is 3.00 bits per heavy atom. The minimum absolute atomic E-state index is 0.0272. The van der Waals surface area contributed by atoms with Gasteiger partial charge in [-0.15, -0.1) is 0 Å². The molecule has 0 saturated carbocycles. The molecule has 0 aliphatic heterocycles. The molecule has 5 heteroatoms. The standard InChI is InChI=1S/C9H10N2O2S/c1-3-10-7(12)4-8(13)11-6(2)5-14-9(10)11/h4-5H,3H2,1-2H3/p+1. The molecule has 0 atom stereocenters. The van der Waals surface area contributed by atoms with Crippen LogP contribution in [0.25, 0.3) is 4.96 Å². The van der Waals surface area contributed by atoms with E-state index >= 15 is 0 Å². The first-order chi connectivity index (χ1) is 6.65. The summed E-state index contributed by atoms with van der Waals surface area (Å²) in [6.45, 7) is 4.46. The molecule has 0 saturated heterocycles. The second-order valence-corrected chi connectivity index (χ2v) is 3.92. The molecular weight excluding hydrogens is 200 g/mol. The molecule has 2 aromatic heterocycles. The van der Waals surface area contributed by atoms with Crippen LogP contribution in [0.5, 0.6) is 5.88 Å². The molecule has 0 unspecified atom stereocenters. The van der Waals surface area contributed by atoms with Gasteiger partial charge in [-0.2, -0.15) is 8.97 Å². The van der Waals surface area contributed by atoms with Crippen molar-refractivity contribution in [2.75, 3.05) is 0 Å². The fourth-order valence-corrected chi connectivity index (χ4v) is 2.57. The maximum absolute atomic E-state index is 11.5. The van der Waals surface area contributed by atoms with E-state index in [-0.39, 0.29) is 11.4 Å². The van der Waals surface area contributed by atoms with E-state index in [0.717, 1.165) is 10.7 Å². The second kappa shape index (κ2) is 3.09. The van der Waals surface area contributed by atoms with Crippen LogP contribution in [-0.2, 0) is 6.54 Å². The fourth-order valence-electron chi connectivity index (χ4n) is 1.49. The van der Waals surface area contributed by atoms with Crippen LogP contribution in [0.2, 0.25) is 0 Å². The first-order valence-electron chi connectivity index (χ1n) is 4.37. The van der Waals surface area contributed by atoms with Gasteiger partial charge < -0.3 is 5.11 Å². The smallest absolute Gasteiger partial charge is 0.351 e. The molecular formula is C9H11N2O2S+. The summed E-state index contributed by atoms with van der Waals surface area (Å²) in [5.74, 6) is 0.0272. The highest BCUT2D eigenvalue weighted by Gasteiger charge is 2.18. The van der Waals surface area contributed by atoms with Crippen LogP contribution in [0.15, 0.2) is 16.2 Å². The Hall–Kier alpha value is -1.36. The molecule has 1 N–H and O–H groups in total. The Balaban J connectivity index is 3.00. The molecule has 0 fully saturated rings. The van der Waals surface area contributed by atoms with Crippen molar-refractivity contribution < 1.29 is 9.67 Å². The number of aromatic nitrogens is 2. The molecule has 2 rings (SSSR count). The number of thiazole rings is 1. The number of hydrogen-bond donors (Lipinski definition) is 1. The normalized spacial score (nSPS) is 11.0. The van der Waals surface area contributed by atoms with E-state index in [9.17, 15) is 9.90 Å². The van der Waals surface area contributed by atoms with Gasteiger partial charge in [0, 0.05) is 5.38 Å². The summed E-state index contributed by atoms with van der Waals surface area (Å²) < 4.78 is 3.31. The van der Waals surface area contributed by atoms with E-state index in [0.29, 0.717) is 6.54 Å². The maximum atomic E-state index is 11.5. The van der Waals surface area contributed by atoms with Crippen LogP contribution >= 0.6 is 11.3 Å². The fraction of sp³-hybridized carbons (Fsp3) is 0.333. The first-order valence-corrected chi connectivity index (χ1v) is 5.25. The van der Waals surface area contributed by atoms with Gasteiger partial charge in [0.15, 0.2) is 0 Å². The summed E-state index contributed by atoms with van der Waals surface area (Å²) in [5, 5.41) is 11.5. The summed E-state index contributed by atoms with van der Waals surface area (Å²) >= 11 is 1.46. The van der Waals surface area contributed by atoms with Gasteiger partial charge in [0.2, 0.25) is 0 Å². The summed E-state index contributed by atoms with van der Waals surface area (Å²) in [4.78, 5) is 12.3. The lowest BCUT2D eigenvalue weighted by atomic mass is 10.5. The molecule has 0 spiro atoms. The zero-order valence-corrected chi connectivity index (χ0v) is 8.84. The molecule has 74 valence electrons. The van der Waals surface area contributed by atoms with Crippen LogP contribution in [0.1, 0.15) is 12.6 Å². The highest BCUT2D eigenvalue weighted by molar-refractivity contribution is 7.14. The lowest BCUT2D eigenvalue weighted by molar-refractivity contribution is -0.675. The van der Waals surface area contributed by atoms with Crippen molar-refractivity contribution in [3.63, 3.8) is 0 Å². The lowest BCUT2D eigenvalue weighted by Gasteiger charge is -1.98. The molecule has 0 aliphatic carbocycles. The van der Waals surface area contributed by atoms with Crippen molar-refractivity contribution in [2.24, 2.45) is 0 Å². The van der Waals surface area contributed by atoms with Crippen LogP contribution in [0, 0.1) is 6.92 Å². The molecule has 14 heavy (non-hydrogen) atoms. The summed E-state index contributed by atoms with van der Waals surface area (Å²) in [6, 6.07) is 1.25. The van der Waals surface area contributed by atoms with Crippen molar-refractivity contribution in [1.29, 1.82) is 0 Å². The molecule has 0 bridgehead atoms. The topological polar surface area (TPSA) is 45.6 Å². The van der Waals surface area contributed by atoms with Gasteiger partial charge in [-0.3, -0.25) is 0 Å². The van der Waals surface area contributed by atoms with E-state index in [1.54, 1.807) is 8.97 Å². The molecule has 0 aliphatic rings. The van der Waals surface area contributed by atoms with E-state index in [2.05, 4.69) is 0 Å². The number of nitrogens with zero attached hydrogens (tertiary/aromatic N) is 2. The second-order valence-electron chi connectivity index (χ2n) is 3.08. The van der Waals surface area contributed by atoms with E-state index in [4.69, 9.17) is 0 Å². The van der Waals surface area contributed by atoms with Crippen molar-refractivity contribution in [1.82, 2.24) is 4.40 Å². The highest BCUT2D eigenvalue weighted by Crippen LogP contribution is 2.11. The van der Waals surface area contributed by atoms with Crippen molar-refractivity contribution in [3.8, 4) is 5.88 Å². The van der Waals surface area contributed by atoms with Crippen LogP contribution in [0.3, 0.4) is 0 Å². The number of fused-ring (bicyclic) bond motifs is 1. The van der Waals surface area contributed by atoms with Gasteiger partial charge in [0.05, 0.1) is 6.54 Å². The SMILES string of the molecule is CC[n+]1c(O)cc(=O)n2c(C)csc21. The van der Waals surface area contributed by atoms with Crippen molar-refractivity contribution in [3.05, 3.63) is 27.5 Å². The van der Waals surface area contributed by atoms with E-state index in [1.165, 1.54) is 17.4 Å². The Morgan fingerprint density at radius 2 is 2.36 bits per heavy atom. The quantitative estimate of drug-likeness (QED) is 0.705. The van der Waals surface area contributed by atoms with Gasteiger partial charge in [0.25, 0.3) is 5.88 Å². The average Bonchev–Trinajstić information content (AvgIpc) is 2.49.